The van der Waals surface area contributed by atoms with Gasteiger partial charge >= 0.3 is 0 Å². The summed E-state index contributed by atoms with van der Waals surface area (Å²) in [7, 11) is 1.98. The van der Waals surface area contributed by atoms with Gasteiger partial charge in [-0.05, 0) is 135 Å². The predicted molar refractivity (Wildman–Crippen MR) is 198 cm³/mol. The molecule has 4 unspecified atom stereocenters. The molecule has 3 aliphatic carbocycles. The van der Waals surface area contributed by atoms with Gasteiger partial charge in [-0.1, -0.05) is 55.8 Å². The third kappa shape index (κ3) is 6.96. The van der Waals surface area contributed by atoms with E-state index in [-0.39, 0.29) is 12.3 Å². The minimum absolute atomic E-state index is 0.0823. The number of halogens is 1. The van der Waals surface area contributed by atoms with Crippen molar-refractivity contribution in [1.82, 2.24) is 10.2 Å². The van der Waals surface area contributed by atoms with Crippen LogP contribution in [0.5, 0.6) is 17.2 Å². The highest BCUT2D eigenvalue weighted by molar-refractivity contribution is 6.32. The fraction of sp³-hybridized carbons (Fsp3) is 0.571. The van der Waals surface area contributed by atoms with Crippen molar-refractivity contribution < 1.29 is 19.3 Å². The molecule has 3 fully saturated rings. The Balaban J connectivity index is 1.01. The number of nitrogens with one attached hydrogen (secondary N) is 1. The molecule has 1 heterocycles. The van der Waals surface area contributed by atoms with E-state index in [0.29, 0.717) is 40.8 Å². The maximum Gasteiger partial charge on any atom is 0.142 e. The van der Waals surface area contributed by atoms with Crippen LogP contribution in [0.1, 0.15) is 100 Å². The van der Waals surface area contributed by atoms with E-state index in [2.05, 4.69) is 62.5 Å². The van der Waals surface area contributed by atoms with Crippen molar-refractivity contribution in [2.75, 3.05) is 26.8 Å². The fourth-order valence-corrected chi connectivity index (χ4v) is 9.63. The molecule has 0 amide bonds. The summed E-state index contributed by atoms with van der Waals surface area (Å²) < 4.78 is 19.2. The molecular formula is C42H55ClN2O4. The van der Waals surface area contributed by atoms with E-state index in [0.717, 1.165) is 68.2 Å². The Kier molecular flexibility index (Phi) is 9.97. The first-order valence-corrected chi connectivity index (χ1v) is 19.0. The summed E-state index contributed by atoms with van der Waals surface area (Å²) in [5.41, 5.74) is 8.43. The van der Waals surface area contributed by atoms with Gasteiger partial charge in [0.05, 0.1) is 18.2 Å². The van der Waals surface area contributed by atoms with E-state index in [1.807, 2.05) is 31.0 Å². The molecule has 0 spiro atoms. The SMILES string of the molecule is CCOc1cc(O[C@H]2CCc3c(-c4cccc(OCCCC56CCC(C)(C)C5C6)c4C)cccc32)c(Cl)cc1CNCC1CCC(O)N1C. The Morgan fingerprint density at radius 2 is 1.80 bits per heavy atom. The first-order chi connectivity index (χ1) is 23.6. The van der Waals surface area contributed by atoms with Gasteiger partial charge in [0.1, 0.15) is 29.6 Å². The number of ether oxygens (including phenoxy) is 3. The number of aliphatic hydroxyl groups excluding tert-OH is 1. The molecule has 264 valence electrons. The Bertz CT molecular complexity index is 1660. The van der Waals surface area contributed by atoms with Gasteiger partial charge in [-0.3, -0.25) is 4.90 Å². The smallest absolute Gasteiger partial charge is 0.142 e. The molecule has 1 saturated heterocycles. The number of nitrogens with zero attached hydrogens (tertiary/aromatic N) is 1. The van der Waals surface area contributed by atoms with E-state index >= 15 is 0 Å². The van der Waals surface area contributed by atoms with Crippen LogP contribution in [0, 0.1) is 23.7 Å². The molecule has 3 aromatic rings. The maximum atomic E-state index is 10.1. The standard InChI is InChI=1S/C42H55ClN2O4/c1-6-47-37-23-38(34(43)22-28(37)25-44-26-29-14-17-40(46)45(29)5)49-36-16-15-32-31(11-7-12-33(32)36)30-10-8-13-35(27(30)2)48-21-9-18-42-20-19-41(3,4)39(42)24-42/h7-8,10-13,22-23,29,36,39-40,44,46H,6,9,14-21,24-26H2,1-5H3/t29?,36-,39?,40?,42?/m0/s1. The zero-order valence-electron chi connectivity index (χ0n) is 30.1. The summed E-state index contributed by atoms with van der Waals surface area (Å²) in [4.78, 5) is 2.04. The summed E-state index contributed by atoms with van der Waals surface area (Å²) in [6, 6.07) is 17.3. The quantitative estimate of drug-likeness (QED) is 0.165. The van der Waals surface area contributed by atoms with E-state index in [1.165, 1.54) is 53.5 Å². The van der Waals surface area contributed by atoms with E-state index in [4.69, 9.17) is 25.8 Å². The second kappa shape index (κ2) is 14.1. The minimum atomic E-state index is -0.351. The Labute approximate surface area is 298 Å². The van der Waals surface area contributed by atoms with Crippen LogP contribution >= 0.6 is 11.6 Å². The van der Waals surface area contributed by atoms with Gasteiger partial charge in [0.15, 0.2) is 0 Å². The highest BCUT2D eigenvalue weighted by Gasteiger charge is 2.63. The molecule has 1 aliphatic heterocycles. The Morgan fingerprint density at radius 3 is 2.53 bits per heavy atom. The van der Waals surface area contributed by atoms with Crippen LogP contribution in [0.3, 0.4) is 0 Å². The van der Waals surface area contributed by atoms with Crippen molar-refractivity contribution in [3.05, 3.63) is 75.8 Å². The van der Waals surface area contributed by atoms with Crippen LogP contribution in [0.15, 0.2) is 48.5 Å². The minimum Gasteiger partial charge on any atom is -0.493 e. The van der Waals surface area contributed by atoms with E-state index < -0.39 is 0 Å². The van der Waals surface area contributed by atoms with E-state index in [9.17, 15) is 5.11 Å². The molecule has 2 saturated carbocycles. The van der Waals surface area contributed by atoms with Crippen molar-refractivity contribution in [2.45, 2.75) is 110 Å². The third-order valence-electron chi connectivity index (χ3n) is 12.5. The Hall–Kier alpha value is -2.77. The average molecular weight is 687 g/mol. The summed E-state index contributed by atoms with van der Waals surface area (Å²) in [6.45, 7) is 11.9. The van der Waals surface area contributed by atoms with Gasteiger partial charge in [-0.2, -0.15) is 0 Å². The second-order valence-corrected chi connectivity index (χ2v) is 16.2. The zero-order valence-corrected chi connectivity index (χ0v) is 30.9. The summed E-state index contributed by atoms with van der Waals surface area (Å²) in [5, 5.41) is 14.2. The molecule has 7 heteroatoms. The van der Waals surface area contributed by atoms with Crippen LogP contribution in [-0.2, 0) is 13.0 Å². The highest BCUT2D eigenvalue weighted by Crippen LogP contribution is 2.72. The van der Waals surface area contributed by atoms with Crippen LogP contribution in [0.4, 0.5) is 0 Å². The fourth-order valence-electron chi connectivity index (χ4n) is 9.39. The molecule has 0 radical (unpaired) electrons. The second-order valence-electron chi connectivity index (χ2n) is 15.8. The molecule has 49 heavy (non-hydrogen) atoms. The van der Waals surface area contributed by atoms with Gasteiger partial charge < -0.3 is 24.6 Å². The average Bonchev–Trinajstić information content (AvgIpc) is 3.42. The van der Waals surface area contributed by atoms with Crippen LogP contribution in [-0.4, -0.2) is 49.1 Å². The van der Waals surface area contributed by atoms with Gasteiger partial charge in [-0.25, -0.2) is 0 Å². The van der Waals surface area contributed by atoms with Crippen LogP contribution in [0.2, 0.25) is 5.02 Å². The monoisotopic (exact) mass is 686 g/mol. The summed E-state index contributed by atoms with van der Waals surface area (Å²) in [6.07, 6.45) is 9.84. The van der Waals surface area contributed by atoms with Gasteiger partial charge in [0, 0.05) is 30.8 Å². The molecule has 7 rings (SSSR count). The lowest BCUT2D eigenvalue weighted by Crippen LogP contribution is -2.38. The Morgan fingerprint density at radius 1 is 0.980 bits per heavy atom. The lowest BCUT2D eigenvalue weighted by atomic mass is 9.87. The van der Waals surface area contributed by atoms with Gasteiger partial charge in [-0.15, -0.1) is 0 Å². The highest BCUT2D eigenvalue weighted by atomic mass is 35.5. The maximum absolute atomic E-state index is 10.1. The van der Waals surface area contributed by atoms with E-state index in [1.54, 1.807) is 0 Å². The number of hydrogen-bond acceptors (Lipinski definition) is 6. The lowest BCUT2D eigenvalue weighted by Gasteiger charge is -2.23. The van der Waals surface area contributed by atoms with Crippen molar-refractivity contribution in [1.29, 1.82) is 0 Å². The van der Waals surface area contributed by atoms with Crippen LogP contribution < -0.4 is 19.5 Å². The molecule has 6 nitrogen and oxygen atoms in total. The van der Waals surface area contributed by atoms with Gasteiger partial charge in [0.25, 0.3) is 0 Å². The molecule has 0 aromatic heterocycles. The number of rotatable bonds is 14. The zero-order chi connectivity index (χ0) is 34.3. The predicted octanol–water partition coefficient (Wildman–Crippen LogP) is 9.27. The largest absolute Gasteiger partial charge is 0.493 e. The van der Waals surface area contributed by atoms with Crippen LogP contribution in [0.25, 0.3) is 11.1 Å². The number of benzene rings is 3. The number of fused-ring (bicyclic) bond motifs is 2. The molecule has 0 bridgehead atoms. The molecule has 3 aromatic carbocycles. The molecule has 2 N–H and O–H groups in total. The topological polar surface area (TPSA) is 63.2 Å². The first kappa shape index (κ1) is 34.7. The van der Waals surface area contributed by atoms with Crippen molar-refractivity contribution >= 4 is 11.6 Å². The number of hydrogen-bond donors (Lipinski definition) is 2. The van der Waals surface area contributed by atoms with Crippen molar-refractivity contribution in [3.63, 3.8) is 0 Å². The number of aliphatic hydroxyl groups is 1. The molecular weight excluding hydrogens is 632 g/mol. The lowest BCUT2D eigenvalue weighted by molar-refractivity contribution is 0.0377. The first-order valence-electron chi connectivity index (χ1n) is 18.7. The summed E-state index contributed by atoms with van der Waals surface area (Å²) in [5.74, 6) is 3.36. The van der Waals surface area contributed by atoms with Crippen molar-refractivity contribution in [3.8, 4) is 28.4 Å². The molecule has 4 aliphatic rings. The number of likely N-dealkylation sites (tertiary alicyclic amines) is 1. The summed E-state index contributed by atoms with van der Waals surface area (Å²) >= 11 is 6.87. The third-order valence-corrected chi connectivity index (χ3v) is 12.7. The van der Waals surface area contributed by atoms with Gasteiger partial charge in [0.2, 0.25) is 0 Å². The van der Waals surface area contributed by atoms with Crippen molar-refractivity contribution in [2.24, 2.45) is 16.7 Å². The number of likely N-dealkylation sites (N-methyl/N-ethyl adjacent to an activating group) is 1. The normalized spacial score (nSPS) is 26.8. The molecule has 5 atom stereocenters.